The summed E-state index contributed by atoms with van der Waals surface area (Å²) in [4.78, 5) is 17.3. The first-order valence-corrected chi connectivity index (χ1v) is 10.3. The lowest BCUT2D eigenvalue weighted by molar-refractivity contribution is -0.116. The first-order chi connectivity index (χ1) is 15.5. The Morgan fingerprint density at radius 3 is 2.72 bits per heavy atom. The number of nitrogens with zero attached hydrogens (tertiary/aromatic N) is 5. The fraction of sp³-hybridized carbons (Fsp3) is 0.208. The highest BCUT2D eigenvalue weighted by Gasteiger charge is 2.33. The molecule has 1 amide bonds. The van der Waals surface area contributed by atoms with Gasteiger partial charge >= 0.3 is 0 Å². The SMILES string of the molecule is COc1cccc(-c2cnnc(-n3nc(C)c4c3NC(=O)C[C@@H]4c3ccc(C)cc3)n2)c1. The summed E-state index contributed by atoms with van der Waals surface area (Å²) in [6, 6.07) is 15.8. The molecule has 1 N–H and O–H groups in total. The van der Waals surface area contributed by atoms with E-state index >= 15 is 0 Å². The van der Waals surface area contributed by atoms with Crippen LogP contribution in [0.25, 0.3) is 17.2 Å². The number of benzene rings is 2. The molecule has 1 aliphatic rings. The summed E-state index contributed by atoms with van der Waals surface area (Å²) in [6.45, 7) is 3.99. The van der Waals surface area contributed by atoms with Gasteiger partial charge in [-0.05, 0) is 31.5 Å². The summed E-state index contributed by atoms with van der Waals surface area (Å²) < 4.78 is 6.88. The van der Waals surface area contributed by atoms with Gasteiger partial charge in [0.2, 0.25) is 5.91 Å². The van der Waals surface area contributed by atoms with Crippen molar-refractivity contribution in [3.8, 4) is 23.0 Å². The molecule has 0 radical (unpaired) electrons. The highest BCUT2D eigenvalue weighted by Crippen LogP contribution is 2.40. The second-order valence-corrected chi connectivity index (χ2v) is 7.85. The molecule has 0 saturated heterocycles. The van der Waals surface area contributed by atoms with Crippen molar-refractivity contribution in [2.45, 2.75) is 26.2 Å². The molecule has 0 aliphatic carbocycles. The Kier molecular flexibility index (Phi) is 4.89. The van der Waals surface area contributed by atoms with Gasteiger partial charge in [0.05, 0.1) is 24.7 Å². The Morgan fingerprint density at radius 1 is 1.12 bits per heavy atom. The number of ether oxygens (including phenoxy) is 1. The van der Waals surface area contributed by atoms with E-state index in [0.717, 1.165) is 28.1 Å². The van der Waals surface area contributed by atoms with Crippen molar-refractivity contribution in [1.29, 1.82) is 0 Å². The molecular formula is C24H22N6O2. The molecule has 1 aliphatic heterocycles. The number of hydrogen-bond acceptors (Lipinski definition) is 6. The Hall–Kier alpha value is -4.07. The first-order valence-electron chi connectivity index (χ1n) is 10.3. The van der Waals surface area contributed by atoms with Crippen molar-refractivity contribution in [3.63, 3.8) is 0 Å². The molecule has 2 aromatic carbocycles. The van der Waals surface area contributed by atoms with E-state index in [0.29, 0.717) is 23.9 Å². The fourth-order valence-corrected chi connectivity index (χ4v) is 4.08. The average molecular weight is 426 g/mol. The number of carbonyl (C=O) groups is 1. The third kappa shape index (κ3) is 3.49. The lowest BCUT2D eigenvalue weighted by Crippen LogP contribution is -2.25. The van der Waals surface area contributed by atoms with Crippen LogP contribution in [0.2, 0.25) is 0 Å². The highest BCUT2D eigenvalue weighted by molar-refractivity contribution is 5.95. The van der Waals surface area contributed by atoms with Crippen molar-refractivity contribution in [2.75, 3.05) is 12.4 Å². The smallest absolute Gasteiger partial charge is 0.272 e. The summed E-state index contributed by atoms with van der Waals surface area (Å²) in [6.07, 6.45) is 1.96. The Bertz CT molecular complexity index is 1310. The van der Waals surface area contributed by atoms with Gasteiger partial charge in [0.15, 0.2) is 0 Å². The Labute approximate surface area is 185 Å². The molecule has 8 nitrogen and oxygen atoms in total. The number of rotatable bonds is 4. The highest BCUT2D eigenvalue weighted by atomic mass is 16.5. The van der Waals surface area contributed by atoms with Gasteiger partial charge in [0.25, 0.3) is 5.95 Å². The molecule has 3 heterocycles. The summed E-state index contributed by atoms with van der Waals surface area (Å²) in [7, 11) is 1.62. The largest absolute Gasteiger partial charge is 0.497 e. The number of carbonyl (C=O) groups excluding carboxylic acids is 1. The summed E-state index contributed by atoms with van der Waals surface area (Å²) in [5.41, 5.74) is 5.53. The van der Waals surface area contributed by atoms with Crippen LogP contribution in [0.1, 0.15) is 34.7 Å². The zero-order valence-electron chi connectivity index (χ0n) is 18.0. The van der Waals surface area contributed by atoms with E-state index in [1.807, 2.05) is 38.1 Å². The molecule has 0 fully saturated rings. The third-order valence-corrected chi connectivity index (χ3v) is 5.68. The number of fused-ring (bicyclic) bond motifs is 1. The van der Waals surface area contributed by atoms with Gasteiger partial charge in [0, 0.05) is 23.5 Å². The molecular weight excluding hydrogens is 404 g/mol. The Balaban J connectivity index is 1.60. The van der Waals surface area contributed by atoms with Gasteiger partial charge in [-0.25, -0.2) is 4.98 Å². The van der Waals surface area contributed by atoms with E-state index in [-0.39, 0.29) is 11.8 Å². The topological polar surface area (TPSA) is 94.8 Å². The lowest BCUT2D eigenvalue weighted by Gasteiger charge is -2.24. The van der Waals surface area contributed by atoms with Crippen LogP contribution >= 0.6 is 0 Å². The second-order valence-electron chi connectivity index (χ2n) is 7.85. The van der Waals surface area contributed by atoms with Crippen LogP contribution in [0.15, 0.2) is 54.7 Å². The molecule has 5 rings (SSSR count). The summed E-state index contributed by atoms with van der Waals surface area (Å²) in [5, 5.41) is 16.0. The molecule has 160 valence electrons. The Morgan fingerprint density at radius 2 is 1.94 bits per heavy atom. The monoisotopic (exact) mass is 426 g/mol. The second kappa shape index (κ2) is 7.88. The average Bonchev–Trinajstić information content (AvgIpc) is 3.15. The first kappa shape index (κ1) is 19.9. The predicted octanol–water partition coefficient (Wildman–Crippen LogP) is 3.82. The number of amides is 1. The van der Waals surface area contributed by atoms with Gasteiger partial charge in [-0.1, -0.05) is 42.0 Å². The van der Waals surface area contributed by atoms with Crippen molar-refractivity contribution in [1.82, 2.24) is 25.0 Å². The van der Waals surface area contributed by atoms with E-state index in [9.17, 15) is 4.79 Å². The lowest BCUT2D eigenvalue weighted by atomic mass is 9.85. The van der Waals surface area contributed by atoms with Crippen molar-refractivity contribution >= 4 is 11.7 Å². The minimum atomic E-state index is -0.0809. The predicted molar refractivity (Wildman–Crippen MR) is 120 cm³/mol. The molecule has 8 heteroatoms. The van der Waals surface area contributed by atoms with Crippen molar-refractivity contribution in [3.05, 3.63) is 77.1 Å². The van der Waals surface area contributed by atoms with Crippen LogP contribution in [0.4, 0.5) is 5.82 Å². The minimum Gasteiger partial charge on any atom is -0.497 e. The number of anilines is 1. The van der Waals surface area contributed by atoms with E-state index in [2.05, 4.69) is 49.9 Å². The molecule has 4 aromatic rings. The molecule has 32 heavy (non-hydrogen) atoms. The number of hydrogen-bond donors (Lipinski definition) is 1. The molecule has 0 spiro atoms. The van der Waals surface area contributed by atoms with E-state index < -0.39 is 0 Å². The quantitative estimate of drug-likeness (QED) is 0.533. The van der Waals surface area contributed by atoms with E-state index in [1.54, 1.807) is 18.0 Å². The molecule has 0 unspecified atom stereocenters. The summed E-state index contributed by atoms with van der Waals surface area (Å²) in [5.74, 6) is 1.46. The molecule has 0 bridgehead atoms. The van der Waals surface area contributed by atoms with Crippen LogP contribution in [-0.2, 0) is 4.79 Å². The minimum absolute atomic E-state index is 0.0684. The normalized spacial score (nSPS) is 15.2. The van der Waals surface area contributed by atoms with Crippen molar-refractivity contribution in [2.24, 2.45) is 0 Å². The standard InChI is InChI=1S/C24H22N6O2/c1-14-7-9-16(10-8-14)19-12-21(31)27-23-22(19)15(2)29-30(23)24-26-20(13-25-28-24)17-5-4-6-18(11-17)32-3/h4-11,13,19H,12H2,1-3H3,(H,27,31)/t19-/m1/s1. The van der Waals surface area contributed by atoms with E-state index in [4.69, 9.17) is 4.74 Å². The van der Waals surface area contributed by atoms with Crippen LogP contribution in [0.5, 0.6) is 5.75 Å². The van der Waals surface area contributed by atoms with Crippen LogP contribution in [0.3, 0.4) is 0 Å². The van der Waals surface area contributed by atoms with Gasteiger partial charge in [-0.3, -0.25) is 4.79 Å². The zero-order valence-corrected chi connectivity index (χ0v) is 18.0. The number of methoxy groups -OCH3 is 1. The number of aromatic nitrogens is 5. The molecule has 0 saturated carbocycles. The van der Waals surface area contributed by atoms with Crippen LogP contribution < -0.4 is 10.1 Å². The van der Waals surface area contributed by atoms with Gasteiger partial charge < -0.3 is 10.1 Å². The maximum atomic E-state index is 12.6. The molecule has 1 atom stereocenters. The van der Waals surface area contributed by atoms with Gasteiger partial charge in [-0.2, -0.15) is 14.9 Å². The third-order valence-electron chi connectivity index (χ3n) is 5.68. The molecule has 2 aromatic heterocycles. The van der Waals surface area contributed by atoms with Crippen molar-refractivity contribution < 1.29 is 9.53 Å². The van der Waals surface area contributed by atoms with Crippen LogP contribution in [0, 0.1) is 13.8 Å². The summed E-state index contributed by atoms with van der Waals surface area (Å²) >= 11 is 0. The number of nitrogens with one attached hydrogen (secondary N) is 1. The fourth-order valence-electron chi connectivity index (χ4n) is 4.08. The van der Waals surface area contributed by atoms with E-state index in [1.165, 1.54) is 5.56 Å². The van der Waals surface area contributed by atoms with Gasteiger partial charge in [0.1, 0.15) is 11.6 Å². The zero-order chi connectivity index (χ0) is 22.2. The maximum Gasteiger partial charge on any atom is 0.272 e. The maximum absolute atomic E-state index is 12.6. The van der Waals surface area contributed by atoms with Crippen LogP contribution in [-0.4, -0.2) is 38.0 Å². The van der Waals surface area contributed by atoms with Gasteiger partial charge in [-0.15, -0.1) is 5.10 Å². The number of aryl methyl sites for hydroxylation is 2.